The maximum Gasteiger partial charge on any atom is 0.412 e. The minimum atomic E-state index is -0.471. The molecular formula is C12H12N2O2S. The number of aryl methyl sites for hydroxylation is 1. The van der Waals surface area contributed by atoms with Gasteiger partial charge >= 0.3 is 6.09 Å². The first-order valence-corrected chi connectivity index (χ1v) is 6.04. The molecule has 1 N–H and O–H groups in total. The van der Waals surface area contributed by atoms with Crippen LogP contribution in [0.4, 0.5) is 4.79 Å². The molecule has 2 aromatic rings. The number of carbonyl (C=O) groups excluding carboxylic acids is 1. The molecule has 1 amide bonds. The lowest BCUT2D eigenvalue weighted by atomic mass is 10.3. The Labute approximate surface area is 103 Å². The van der Waals surface area contributed by atoms with E-state index in [2.05, 4.69) is 10.3 Å². The van der Waals surface area contributed by atoms with E-state index in [0.717, 1.165) is 10.7 Å². The number of hydrogen-bond acceptors (Lipinski definition) is 4. The minimum Gasteiger partial charge on any atom is -0.410 e. The second kappa shape index (κ2) is 5.45. The van der Waals surface area contributed by atoms with Gasteiger partial charge in [-0.2, -0.15) is 0 Å². The molecule has 1 aromatic carbocycles. The number of benzene rings is 1. The highest BCUT2D eigenvalue weighted by atomic mass is 32.1. The van der Waals surface area contributed by atoms with Crippen molar-refractivity contribution in [3.8, 4) is 5.75 Å². The monoisotopic (exact) mass is 248 g/mol. The summed E-state index contributed by atoms with van der Waals surface area (Å²) in [6, 6.07) is 8.95. The lowest BCUT2D eigenvalue weighted by molar-refractivity contribution is 0.200. The Kier molecular flexibility index (Phi) is 3.72. The largest absolute Gasteiger partial charge is 0.412 e. The molecule has 2 rings (SSSR count). The summed E-state index contributed by atoms with van der Waals surface area (Å²) < 4.78 is 5.07. The first-order chi connectivity index (χ1) is 8.24. The number of rotatable bonds is 3. The summed E-state index contributed by atoms with van der Waals surface area (Å²) in [5, 5.41) is 5.54. The molecular weight excluding hydrogens is 236 g/mol. The predicted molar refractivity (Wildman–Crippen MR) is 66.2 cm³/mol. The number of nitrogens with one attached hydrogen (secondary N) is 1. The van der Waals surface area contributed by atoms with Crippen LogP contribution in [0.1, 0.15) is 10.7 Å². The van der Waals surface area contributed by atoms with Crippen LogP contribution in [0.25, 0.3) is 0 Å². The third-order valence-electron chi connectivity index (χ3n) is 2.03. The Morgan fingerprint density at radius 3 is 2.82 bits per heavy atom. The van der Waals surface area contributed by atoms with E-state index >= 15 is 0 Å². The van der Waals surface area contributed by atoms with Crippen molar-refractivity contribution in [3.63, 3.8) is 0 Å². The van der Waals surface area contributed by atoms with Crippen molar-refractivity contribution >= 4 is 17.4 Å². The quantitative estimate of drug-likeness (QED) is 0.908. The van der Waals surface area contributed by atoms with E-state index in [0.29, 0.717) is 12.3 Å². The van der Waals surface area contributed by atoms with Crippen molar-refractivity contribution in [2.45, 2.75) is 13.5 Å². The molecule has 1 aromatic heterocycles. The molecule has 0 fully saturated rings. The third-order valence-corrected chi connectivity index (χ3v) is 2.86. The van der Waals surface area contributed by atoms with E-state index < -0.39 is 6.09 Å². The highest BCUT2D eigenvalue weighted by Gasteiger charge is 2.04. The van der Waals surface area contributed by atoms with Gasteiger partial charge < -0.3 is 10.1 Å². The Balaban J connectivity index is 1.82. The normalized spacial score (nSPS) is 9.94. The molecule has 5 heteroatoms. The summed E-state index contributed by atoms with van der Waals surface area (Å²) in [6.45, 7) is 2.31. The summed E-state index contributed by atoms with van der Waals surface area (Å²) in [4.78, 5) is 15.7. The molecule has 17 heavy (non-hydrogen) atoms. The van der Waals surface area contributed by atoms with Crippen LogP contribution in [-0.2, 0) is 6.54 Å². The Bertz CT molecular complexity index is 496. The van der Waals surface area contributed by atoms with Crippen LogP contribution in [0.15, 0.2) is 35.7 Å². The molecule has 0 radical (unpaired) electrons. The molecule has 0 aliphatic rings. The number of nitrogens with zero attached hydrogens (tertiary/aromatic N) is 1. The summed E-state index contributed by atoms with van der Waals surface area (Å²) in [7, 11) is 0. The average molecular weight is 248 g/mol. The standard InChI is InChI=1S/C12H12N2O2S/c1-9-14-10(8-17-9)7-13-12(15)16-11-5-3-2-4-6-11/h2-6,8H,7H2,1H3,(H,13,15). The fraction of sp³-hybridized carbons (Fsp3) is 0.167. The number of ether oxygens (including phenoxy) is 1. The first-order valence-electron chi connectivity index (χ1n) is 5.16. The second-order valence-electron chi connectivity index (χ2n) is 3.41. The molecule has 0 spiro atoms. The lowest BCUT2D eigenvalue weighted by Crippen LogP contribution is -2.26. The Morgan fingerprint density at radius 1 is 1.41 bits per heavy atom. The smallest absolute Gasteiger partial charge is 0.410 e. The van der Waals surface area contributed by atoms with Gasteiger partial charge in [-0.25, -0.2) is 9.78 Å². The number of hydrogen-bond donors (Lipinski definition) is 1. The number of para-hydroxylation sites is 1. The van der Waals surface area contributed by atoms with Crippen LogP contribution >= 0.6 is 11.3 Å². The average Bonchev–Trinajstić information content (AvgIpc) is 2.74. The van der Waals surface area contributed by atoms with Crippen LogP contribution in [0, 0.1) is 6.92 Å². The molecule has 1 heterocycles. The Hall–Kier alpha value is -1.88. The van der Waals surface area contributed by atoms with Crippen molar-refractivity contribution < 1.29 is 9.53 Å². The SMILES string of the molecule is Cc1nc(CNC(=O)Oc2ccccc2)cs1. The zero-order valence-electron chi connectivity index (χ0n) is 9.34. The summed E-state index contributed by atoms with van der Waals surface area (Å²) in [5.74, 6) is 0.527. The molecule has 0 atom stereocenters. The molecule has 0 unspecified atom stereocenters. The molecule has 0 aliphatic carbocycles. The highest BCUT2D eigenvalue weighted by molar-refractivity contribution is 7.09. The van der Waals surface area contributed by atoms with Gasteiger partial charge in [0.05, 0.1) is 17.2 Å². The molecule has 0 aliphatic heterocycles. The Morgan fingerprint density at radius 2 is 2.18 bits per heavy atom. The predicted octanol–water partition coefficient (Wildman–Crippen LogP) is 2.74. The van der Waals surface area contributed by atoms with Crippen LogP contribution < -0.4 is 10.1 Å². The second-order valence-corrected chi connectivity index (χ2v) is 4.48. The minimum absolute atomic E-state index is 0.385. The maximum atomic E-state index is 11.4. The van der Waals surface area contributed by atoms with Crippen LogP contribution in [0.3, 0.4) is 0 Å². The van der Waals surface area contributed by atoms with Crippen molar-refractivity contribution in [2.24, 2.45) is 0 Å². The van der Waals surface area contributed by atoms with Crippen molar-refractivity contribution in [3.05, 3.63) is 46.4 Å². The van der Waals surface area contributed by atoms with E-state index in [1.165, 1.54) is 0 Å². The summed E-state index contributed by atoms with van der Waals surface area (Å²) >= 11 is 1.56. The van der Waals surface area contributed by atoms with Gasteiger partial charge in [0, 0.05) is 5.38 Å². The van der Waals surface area contributed by atoms with Gasteiger partial charge in [0.2, 0.25) is 0 Å². The lowest BCUT2D eigenvalue weighted by Gasteiger charge is -2.04. The van der Waals surface area contributed by atoms with Crippen LogP contribution in [-0.4, -0.2) is 11.1 Å². The zero-order chi connectivity index (χ0) is 12.1. The van der Waals surface area contributed by atoms with E-state index in [9.17, 15) is 4.79 Å². The van der Waals surface area contributed by atoms with Gasteiger partial charge in [-0.1, -0.05) is 18.2 Å². The summed E-state index contributed by atoms with van der Waals surface area (Å²) in [6.07, 6.45) is -0.471. The van der Waals surface area contributed by atoms with Gasteiger partial charge in [0.15, 0.2) is 0 Å². The number of carbonyl (C=O) groups is 1. The number of thiazole rings is 1. The number of amides is 1. The van der Waals surface area contributed by atoms with E-state index in [4.69, 9.17) is 4.74 Å². The van der Waals surface area contributed by atoms with Crippen molar-refractivity contribution in [1.82, 2.24) is 10.3 Å². The molecule has 0 saturated heterocycles. The number of aromatic nitrogens is 1. The zero-order valence-corrected chi connectivity index (χ0v) is 10.2. The van der Waals surface area contributed by atoms with Gasteiger partial charge in [-0.15, -0.1) is 11.3 Å². The maximum absolute atomic E-state index is 11.4. The van der Waals surface area contributed by atoms with Crippen molar-refractivity contribution in [2.75, 3.05) is 0 Å². The highest BCUT2D eigenvalue weighted by Crippen LogP contribution is 2.09. The van der Waals surface area contributed by atoms with Gasteiger partial charge in [-0.05, 0) is 19.1 Å². The van der Waals surface area contributed by atoms with E-state index in [-0.39, 0.29) is 0 Å². The van der Waals surface area contributed by atoms with Gasteiger partial charge in [-0.3, -0.25) is 0 Å². The molecule has 4 nitrogen and oxygen atoms in total. The summed E-state index contributed by atoms with van der Waals surface area (Å²) in [5.41, 5.74) is 0.845. The van der Waals surface area contributed by atoms with E-state index in [1.54, 1.807) is 23.5 Å². The fourth-order valence-electron chi connectivity index (χ4n) is 1.28. The molecule has 0 bridgehead atoms. The molecule has 0 saturated carbocycles. The fourth-order valence-corrected chi connectivity index (χ4v) is 1.90. The van der Waals surface area contributed by atoms with Gasteiger partial charge in [0.25, 0.3) is 0 Å². The van der Waals surface area contributed by atoms with E-state index in [1.807, 2.05) is 30.5 Å². The van der Waals surface area contributed by atoms with Crippen molar-refractivity contribution in [1.29, 1.82) is 0 Å². The molecule has 88 valence electrons. The first kappa shape index (κ1) is 11.6. The van der Waals surface area contributed by atoms with Crippen LogP contribution in [0.5, 0.6) is 5.75 Å². The third kappa shape index (κ3) is 3.57. The van der Waals surface area contributed by atoms with Crippen LogP contribution in [0.2, 0.25) is 0 Å². The topological polar surface area (TPSA) is 51.2 Å². The van der Waals surface area contributed by atoms with Gasteiger partial charge in [0.1, 0.15) is 5.75 Å².